The van der Waals surface area contributed by atoms with Crippen LogP contribution in [0.25, 0.3) is 17.7 Å². The first-order valence-corrected chi connectivity index (χ1v) is 7.82. The van der Waals surface area contributed by atoms with Crippen molar-refractivity contribution in [1.29, 1.82) is 0 Å². The Morgan fingerprint density at radius 3 is 2.65 bits per heavy atom. The number of nitrogens with zero attached hydrogens (tertiary/aromatic N) is 2. The molecule has 2 heterocycles. The van der Waals surface area contributed by atoms with Crippen LogP contribution >= 0.6 is 11.8 Å². The summed E-state index contributed by atoms with van der Waals surface area (Å²) >= 11 is 0.621. The molecule has 6 nitrogen and oxygen atoms in total. The monoisotopic (exact) mass is 382 g/mol. The second kappa shape index (κ2) is 7.08. The summed E-state index contributed by atoms with van der Waals surface area (Å²) in [6, 6.07) is 7.51. The number of benzene rings is 1. The van der Waals surface area contributed by atoms with E-state index in [1.54, 1.807) is 12.1 Å². The third-order valence-electron chi connectivity index (χ3n) is 3.06. The standard InChI is InChI=1S/C16H9F3N2O4S/c17-16(18,19)10-4-1-3-9(7-10)8-12(14(22)23)26-15-21-20-13(25-15)11-5-2-6-24-11/h1-8H,(H,22,23)/b12-8-. The maximum Gasteiger partial charge on any atom is 0.416 e. The fourth-order valence-corrected chi connectivity index (χ4v) is 2.61. The van der Waals surface area contributed by atoms with Gasteiger partial charge in [-0.05, 0) is 47.7 Å². The molecule has 0 bridgehead atoms. The largest absolute Gasteiger partial charge is 0.477 e. The summed E-state index contributed by atoms with van der Waals surface area (Å²) in [5.41, 5.74) is -0.797. The van der Waals surface area contributed by atoms with Gasteiger partial charge in [0.1, 0.15) is 4.91 Å². The number of hydrogen-bond acceptors (Lipinski definition) is 6. The summed E-state index contributed by atoms with van der Waals surface area (Å²) in [6.45, 7) is 0. The van der Waals surface area contributed by atoms with Crippen molar-refractivity contribution >= 4 is 23.8 Å². The van der Waals surface area contributed by atoms with Gasteiger partial charge in [0, 0.05) is 0 Å². The average molecular weight is 382 g/mol. The Morgan fingerprint density at radius 1 is 1.19 bits per heavy atom. The van der Waals surface area contributed by atoms with Crippen LogP contribution in [0, 0.1) is 0 Å². The van der Waals surface area contributed by atoms with Gasteiger partial charge in [0.05, 0.1) is 11.8 Å². The van der Waals surface area contributed by atoms with Gasteiger partial charge in [0.2, 0.25) is 0 Å². The molecule has 10 heteroatoms. The highest BCUT2D eigenvalue weighted by Crippen LogP contribution is 2.32. The van der Waals surface area contributed by atoms with Gasteiger partial charge in [-0.2, -0.15) is 13.2 Å². The highest BCUT2D eigenvalue weighted by Gasteiger charge is 2.30. The molecular formula is C16H9F3N2O4S. The predicted molar refractivity (Wildman–Crippen MR) is 84.9 cm³/mol. The van der Waals surface area contributed by atoms with Crippen LogP contribution in [-0.4, -0.2) is 21.3 Å². The van der Waals surface area contributed by atoms with Gasteiger partial charge in [-0.1, -0.05) is 12.1 Å². The zero-order valence-corrected chi connectivity index (χ0v) is 13.5. The lowest BCUT2D eigenvalue weighted by atomic mass is 10.1. The summed E-state index contributed by atoms with van der Waals surface area (Å²) in [5, 5.41) is 16.6. The van der Waals surface area contributed by atoms with E-state index in [-0.39, 0.29) is 21.6 Å². The van der Waals surface area contributed by atoms with Crippen LogP contribution < -0.4 is 0 Å². The highest BCUT2D eigenvalue weighted by molar-refractivity contribution is 8.03. The van der Waals surface area contributed by atoms with E-state index in [9.17, 15) is 23.1 Å². The van der Waals surface area contributed by atoms with Gasteiger partial charge in [-0.3, -0.25) is 0 Å². The number of carbonyl (C=O) groups is 1. The minimum atomic E-state index is -4.52. The third-order valence-corrected chi connectivity index (χ3v) is 3.91. The van der Waals surface area contributed by atoms with E-state index >= 15 is 0 Å². The van der Waals surface area contributed by atoms with Crippen LogP contribution in [-0.2, 0) is 11.0 Å². The molecule has 134 valence electrons. The lowest BCUT2D eigenvalue weighted by Crippen LogP contribution is -2.04. The van der Waals surface area contributed by atoms with E-state index in [1.807, 2.05) is 0 Å². The van der Waals surface area contributed by atoms with Crippen molar-refractivity contribution in [2.24, 2.45) is 0 Å². The van der Waals surface area contributed by atoms with Crippen molar-refractivity contribution in [3.63, 3.8) is 0 Å². The summed E-state index contributed by atoms with van der Waals surface area (Å²) in [4.78, 5) is 11.1. The summed E-state index contributed by atoms with van der Waals surface area (Å²) in [5.74, 6) is -0.977. The maximum atomic E-state index is 12.8. The van der Waals surface area contributed by atoms with Crippen LogP contribution in [0.15, 0.2) is 61.6 Å². The number of carboxylic acids is 1. The van der Waals surface area contributed by atoms with Gasteiger partial charge < -0.3 is 13.9 Å². The van der Waals surface area contributed by atoms with Crippen LogP contribution in [0.3, 0.4) is 0 Å². The molecule has 0 aliphatic heterocycles. The number of thioether (sulfide) groups is 1. The SMILES string of the molecule is O=C(O)/C(=C/c1cccc(C(F)(F)F)c1)Sc1nnc(-c2ccco2)o1. The van der Waals surface area contributed by atoms with Crippen LogP contribution in [0.1, 0.15) is 11.1 Å². The first kappa shape index (κ1) is 17.8. The molecule has 0 saturated carbocycles. The normalized spacial score (nSPS) is 12.3. The Balaban J connectivity index is 1.86. The molecule has 0 aliphatic rings. The Hall–Kier alpha value is -3.01. The molecule has 0 fully saturated rings. The van der Waals surface area contributed by atoms with Crippen molar-refractivity contribution in [2.45, 2.75) is 11.4 Å². The van der Waals surface area contributed by atoms with Gasteiger partial charge in [-0.15, -0.1) is 10.2 Å². The minimum absolute atomic E-state index is 0.0568. The van der Waals surface area contributed by atoms with Crippen molar-refractivity contribution in [3.8, 4) is 11.7 Å². The first-order valence-electron chi connectivity index (χ1n) is 7.00. The molecule has 1 N–H and O–H groups in total. The Morgan fingerprint density at radius 2 is 2.00 bits per heavy atom. The summed E-state index contributed by atoms with van der Waals surface area (Å²) in [6.07, 6.45) is -2.02. The van der Waals surface area contributed by atoms with Crippen molar-refractivity contribution < 1.29 is 31.9 Å². The molecule has 0 radical (unpaired) electrons. The van der Waals surface area contributed by atoms with Gasteiger partial charge >= 0.3 is 12.1 Å². The number of hydrogen-bond donors (Lipinski definition) is 1. The molecule has 0 saturated heterocycles. The zero-order chi connectivity index (χ0) is 18.7. The van der Waals surface area contributed by atoms with E-state index < -0.39 is 17.7 Å². The number of carboxylic acid groups (broad SMARTS) is 1. The predicted octanol–water partition coefficient (Wildman–Crippen LogP) is 4.57. The van der Waals surface area contributed by atoms with E-state index in [2.05, 4.69) is 10.2 Å². The van der Waals surface area contributed by atoms with Gasteiger partial charge in [-0.25, -0.2) is 4.79 Å². The minimum Gasteiger partial charge on any atom is -0.477 e. The topological polar surface area (TPSA) is 89.4 Å². The second-order valence-electron chi connectivity index (χ2n) is 4.89. The van der Waals surface area contributed by atoms with Gasteiger partial charge in [0.15, 0.2) is 5.76 Å². The van der Waals surface area contributed by atoms with E-state index in [4.69, 9.17) is 8.83 Å². The number of aromatic nitrogens is 2. The molecule has 26 heavy (non-hydrogen) atoms. The fraction of sp³-hybridized carbons (Fsp3) is 0.0625. The smallest absolute Gasteiger partial charge is 0.416 e. The van der Waals surface area contributed by atoms with Crippen molar-refractivity contribution in [2.75, 3.05) is 0 Å². The lowest BCUT2D eigenvalue weighted by Gasteiger charge is -2.07. The third kappa shape index (κ3) is 4.14. The highest BCUT2D eigenvalue weighted by atomic mass is 32.2. The molecule has 2 aromatic heterocycles. The van der Waals surface area contributed by atoms with Gasteiger partial charge in [0.25, 0.3) is 11.1 Å². The number of furan rings is 1. The molecule has 0 aliphatic carbocycles. The maximum absolute atomic E-state index is 12.8. The number of alkyl halides is 3. The average Bonchev–Trinajstić information content (AvgIpc) is 3.25. The zero-order valence-electron chi connectivity index (χ0n) is 12.7. The Labute approximate surface area is 148 Å². The number of rotatable bonds is 5. The van der Waals surface area contributed by atoms with Crippen LogP contribution in [0.5, 0.6) is 0 Å². The molecule has 0 amide bonds. The molecule has 1 aromatic carbocycles. The molecule has 0 atom stereocenters. The molecule has 3 aromatic rings. The quantitative estimate of drug-likeness (QED) is 0.511. The summed E-state index contributed by atoms with van der Waals surface area (Å²) < 4.78 is 48.7. The lowest BCUT2D eigenvalue weighted by molar-refractivity contribution is -0.137. The Kier molecular flexibility index (Phi) is 4.85. The first-order chi connectivity index (χ1) is 12.3. The number of halogens is 3. The van der Waals surface area contributed by atoms with Crippen LogP contribution in [0.2, 0.25) is 0 Å². The van der Waals surface area contributed by atoms with E-state index in [1.165, 1.54) is 18.4 Å². The molecular weight excluding hydrogens is 373 g/mol. The fourth-order valence-electron chi connectivity index (χ4n) is 1.94. The molecule has 0 unspecified atom stereocenters. The van der Waals surface area contributed by atoms with Crippen molar-refractivity contribution in [3.05, 3.63) is 58.7 Å². The number of aliphatic carboxylic acids is 1. The van der Waals surface area contributed by atoms with Crippen molar-refractivity contribution in [1.82, 2.24) is 10.2 Å². The second-order valence-corrected chi connectivity index (χ2v) is 5.88. The molecule has 3 rings (SSSR count). The summed E-state index contributed by atoms with van der Waals surface area (Å²) in [7, 11) is 0. The molecule has 0 spiro atoms. The van der Waals surface area contributed by atoms with Crippen LogP contribution in [0.4, 0.5) is 13.2 Å². The van der Waals surface area contributed by atoms with E-state index in [0.29, 0.717) is 17.5 Å². The Bertz CT molecular complexity index is 949. The van der Waals surface area contributed by atoms with E-state index in [0.717, 1.165) is 18.2 Å².